The Morgan fingerprint density at radius 1 is 1.04 bits per heavy atom. The molecule has 0 radical (unpaired) electrons. The molecule has 128 valence electrons. The van der Waals surface area contributed by atoms with E-state index in [0.29, 0.717) is 5.56 Å². The molecule has 1 aromatic carbocycles. The van der Waals surface area contributed by atoms with Crippen LogP contribution in [0, 0.1) is 0 Å². The number of ether oxygens (including phenoxy) is 1. The molecule has 25 heavy (non-hydrogen) atoms. The van der Waals surface area contributed by atoms with Crippen LogP contribution in [0.1, 0.15) is 38.1 Å². The molecule has 1 aliphatic rings. The second-order valence-corrected chi connectivity index (χ2v) is 6.64. The van der Waals surface area contributed by atoms with Gasteiger partial charge in [0.05, 0.1) is 12.7 Å². The summed E-state index contributed by atoms with van der Waals surface area (Å²) in [6.45, 7) is 0. The minimum Gasteiger partial charge on any atom is -0.496 e. The first-order valence-electron chi connectivity index (χ1n) is 8.93. The second kappa shape index (κ2) is 6.71. The SMILES string of the molecule is COc1ccccc1-c1cc2cccnc2n(C2CCCCC2)c1=O. The fraction of sp³-hybridized carbons (Fsp3) is 0.333. The van der Waals surface area contributed by atoms with Gasteiger partial charge in [-0.05, 0) is 37.1 Å². The van der Waals surface area contributed by atoms with Crippen LogP contribution in [0.5, 0.6) is 5.75 Å². The summed E-state index contributed by atoms with van der Waals surface area (Å²) >= 11 is 0. The molecule has 0 spiro atoms. The molecule has 2 aromatic heterocycles. The molecular weight excluding hydrogens is 312 g/mol. The number of hydrogen-bond acceptors (Lipinski definition) is 3. The Morgan fingerprint density at radius 3 is 2.64 bits per heavy atom. The van der Waals surface area contributed by atoms with Crippen LogP contribution >= 0.6 is 0 Å². The molecular formula is C21H22N2O2. The average Bonchev–Trinajstić information content (AvgIpc) is 2.68. The van der Waals surface area contributed by atoms with E-state index in [9.17, 15) is 4.79 Å². The number of fused-ring (bicyclic) bond motifs is 1. The number of para-hydroxylation sites is 1. The highest BCUT2D eigenvalue weighted by Crippen LogP contribution is 2.32. The summed E-state index contributed by atoms with van der Waals surface area (Å²) < 4.78 is 7.42. The lowest BCUT2D eigenvalue weighted by Crippen LogP contribution is -2.28. The maximum absolute atomic E-state index is 13.4. The van der Waals surface area contributed by atoms with Gasteiger partial charge in [0.2, 0.25) is 0 Å². The van der Waals surface area contributed by atoms with Gasteiger partial charge in [0.1, 0.15) is 11.4 Å². The van der Waals surface area contributed by atoms with Crippen LogP contribution in [0.15, 0.2) is 53.5 Å². The number of nitrogens with zero attached hydrogens (tertiary/aromatic N) is 2. The largest absolute Gasteiger partial charge is 0.496 e. The normalized spacial score (nSPS) is 15.4. The topological polar surface area (TPSA) is 44.1 Å². The second-order valence-electron chi connectivity index (χ2n) is 6.64. The van der Waals surface area contributed by atoms with E-state index in [4.69, 9.17) is 4.74 Å². The summed E-state index contributed by atoms with van der Waals surface area (Å²) in [5, 5.41) is 0.994. The van der Waals surface area contributed by atoms with Crippen molar-refractivity contribution in [3.05, 3.63) is 59.0 Å². The smallest absolute Gasteiger partial charge is 0.260 e. The van der Waals surface area contributed by atoms with Crippen molar-refractivity contribution < 1.29 is 4.74 Å². The Bertz CT molecular complexity index is 956. The van der Waals surface area contributed by atoms with E-state index in [0.717, 1.165) is 35.2 Å². The van der Waals surface area contributed by atoms with E-state index in [1.807, 2.05) is 47.0 Å². The summed E-state index contributed by atoms with van der Waals surface area (Å²) in [5.74, 6) is 0.720. The minimum atomic E-state index is 0.0302. The van der Waals surface area contributed by atoms with Gasteiger partial charge in [0, 0.05) is 23.2 Å². The first kappa shape index (κ1) is 15.9. The van der Waals surface area contributed by atoms with E-state index >= 15 is 0 Å². The zero-order valence-electron chi connectivity index (χ0n) is 14.4. The molecule has 0 bridgehead atoms. The van der Waals surface area contributed by atoms with Crippen LogP contribution in [-0.4, -0.2) is 16.7 Å². The van der Waals surface area contributed by atoms with Crippen LogP contribution < -0.4 is 10.3 Å². The van der Waals surface area contributed by atoms with Crippen molar-refractivity contribution >= 4 is 11.0 Å². The molecule has 0 saturated heterocycles. The van der Waals surface area contributed by atoms with Crippen molar-refractivity contribution in [3.8, 4) is 16.9 Å². The standard InChI is InChI=1S/C21H22N2O2/c1-25-19-12-6-5-11-17(19)18-14-15-8-7-13-22-20(15)23(21(18)24)16-9-3-2-4-10-16/h5-8,11-14,16H,2-4,9-10H2,1H3. The third-order valence-corrected chi connectivity index (χ3v) is 5.13. The monoisotopic (exact) mass is 334 g/mol. The van der Waals surface area contributed by atoms with Gasteiger partial charge in [-0.25, -0.2) is 4.98 Å². The van der Waals surface area contributed by atoms with Crippen molar-refractivity contribution in [2.24, 2.45) is 0 Å². The van der Waals surface area contributed by atoms with Gasteiger partial charge >= 0.3 is 0 Å². The highest BCUT2D eigenvalue weighted by molar-refractivity contribution is 5.83. The van der Waals surface area contributed by atoms with Gasteiger partial charge in [-0.2, -0.15) is 0 Å². The molecule has 0 amide bonds. The zero-order valence-corrected chi connectivity index (χ0v) is 14.4. The lowest BCUT2D eigenvalue weighted by molar-refractivity contribution is 0.353. The van der Waals surface area contributed by atoms with Gasteiger partial charge in [0.25, 0.3) is 5.56 Å². The Kier molecular flexibility index (Phi) is 4.26. The van der Waals surface area contributed by atoms with E-state index in [1.165, 1.54) is 19.3 Å². The molecule has 1 aliphatic carbocycles. The fourth-order valence-corrected chi connectivity index (χ4v) is 3.90. The van der Waals surface area contributed by atoms with E-state index in [1.54, 1.807) is 13.3 Å². The molecule has 0 atom stereocenters. The molecule has 4 nitrogen and oxygen atoms in total. The summed E-state index contributed by atoms with van der Waals surface area (Å²) in [6, 6.07) is 13.8. The predicted molar refractivity (Wildman–Crippen MR) is 100 cm³/mol. The Balaban J connectivity index is 2.00. The maximum atomic E-state index is 13.4. The van der Waals surface area contributed by atoms with E-state index in [2.05, 4.69) is 4.98 Å². The summed E-state index contributed by atoms with van der Waals surface area (Å²) in [7, 11) is 1.64. The zero-order chi connectivity index (χ0) is 17.2. The van der Waals surface area contributed by atoms with Gasteiger partial charge in [0.15, 0.2) is 0 Å². The quantitative estimate of drug-likeness (QED) is 0.704. The minimum absolute atomic E-state index is 0.0302. The first-order chi connectivity index (χ1) is 12.3. The molecule has 1 fully saturated rings. The lowest BCUT2D eigenvalue weighted by Gasteiger charge is -2.25. The maximum Gasteiger partial charge on any atom is 0.260 e. The highest BCUT2D eigenvalue weighted by Gasteiger charge is 2.22. The Hall–Kier alpha value is -2.62. The summed E-state index contributed by atoms with van der Waals surface area (Å²) in [5.41, 5.74) is 2.34. The third-order valence-electron chi connectivity index (χ3n) is 5.13. The van der Waals surface area contributed by atoms with Crippen molar-refractivity contribution in [2.45, 2.75) is 38.1 Å². The van der Waals surface area contributed by atoms with Gasteiger partial charge < -0.3 is 4.74 Å². The molecule has 0 unspecified atom stereocenters. The lowest BCUT2D eigenvalue weighted by atomic mass is 9.94. The number of pyridine rings is 2. The Labute approximate surface area is 147 Å². The van der Waals surface area contributed by atoms with Crippen LogP contribution in [0.4, 0.5) is 0 Å². The highest BCUT2D eigenvalue weighted by atomic mass is 16.5. The van der Waals surface area contributed by atoms with Crippen LogP contribution in [0.25, 0.3) is 22.2 Å². The van der Waals surface area contributed by atoms with Crippen molar-refractivity contribution in [2.75, 3.05) is 7.11 Å². The van der Waals surface area contributed by atoms with Crippen LogP contribution in [-0.2, 0) is 0 Å². The van der Waals surface area contributed by atoms with E-state index < -0.39 is 0 Å². The van der Waals surface area contributed by atoms with Gasteiger partial charge in [-0.15, -0.1) is 0 Å². The molecule has 3 aromatic rings. The summed E-state index contributed by atoms with van der Waals surface area (Å²) in [4.78, 5) is 17.9. The number of hydrogen-bond donors (Lipinski definition) is 0. The van der Waals surface area contributed by atoms with Crippen LogP contribution in [0.3, 0.4) is 0 Å². The molecule has 2 heterocycles. The van der Waals surface area contributed by atoms with E-state index in [-0.39, 0.29) is 11.6 Å². The number of benzene rings is 1. The molecule has 4 rings (SSSR count). The van der Waals surface area contributed by atoms with Crippen molar-refractivity contribution in [3.63, 3.8) is 0 Å². The molecule has 0 aliphatic heterocycles. The predicted octanol–water partition coefficient (Wildman–Crippen LogP) is 4.58. The average molecular weight is 334 g/mol. The van der Waals surface area contributed by atoms with Gasteiger partial charge in [-0.1, -0.05) is 37.5 Å². The number of aromatic nitrogens is 2. The van der Waals surface area contributed by atoms with Crippen molar-refractivity contribution in [1.29, 1.82) is 0 Å². The Morgan fingerprint density at radius 2 is 1.84 bits per heavy atom. The van der Waals surface area contributed by atoms with Gasteiger partial charge in [-0.3, -0.25) is 9.36 Å². The summed E-state index contributed by atoms with van der Waals surface area (Å²) in [6.07, 6.45) is 7.45. The molecule has 4 heteroatoms. The van der Waals surface area contributed by atoms with Crippen molar-refractivity contribution in [1.82, 2.24) is 9.55 Å². The number of methoxy groups -OCH3 is 1. The van der Waals surface area contributed by atoms with Crippen LogP contribution in [0.2, 0.25) is 0 Å². The fourth-order valence-electron chi connectivity index (χ4n) is 3.90. The molecule has 1 saturated carbocycles. The first-order valence-corrected chi connectivity index (χ1v) is 8.93. The number of rotatable bonds is 3. The third kappa shape index (κ3) is 2.82. The molecule has 0 N–H and O–H groups in total.